The molecule has 2 nitrogen and oxygen atoms in total. The number of alkyl halides is 3. The monoisotopic (exact) mass is 281 g/mol. The van der Waals surface area contributed by atoms with Gasteiger partial charge in [0.25, 0.3) is 0 Å². The van der Waals surface area contributed by atoms with Crippen LogP contribution in [0.3, 0.4) is 0 Å². The molecule has 0 aromatic heterocycles. The van der Waals surface area contributed by atoms with Gasteiger partial charge in [-0.05, 0) is 24.1 Å². The zero-order chi connectivity index (χ0) is 13.8. The summed E-state index contributed by atoms with van der Waals surface area (Å²) in [5.41, 5.74) is 6.01. The molecular formula is C12H15ClF3NO. The van der Waals surface area contributed by atoms with Crippen LogP contribution < -0.4 is 5.73 Å². The number of nitrogens with two attached hydrogens (primary N) is 1. The molecule has 0 radical (unpaired) electrons. The smallest absolute Gasteiger partial charge is 0.362 e. The van der Waals surface area contributed by atoms with Gasteiger partial charge in [0.05, 0.1) is 6.61 Å². The van der Waals surface area contributed by atoms with Crippen molar-refractivity contribution >= 4 is 11.6 Å². The molecule has 0 saturated heterocycles. The summed E-state index contributed by atoms with van der Waals surface area (Å²) < 4.78 is 43.0. The summed E-state index contributed by atoms with van der Waals surface area (Å²) in [5, 5.41) is 0.458. The molecule has 1 aromatic rings. The van der Waals surface area contributed by atoms with Gasteiger partial charge >= 0.3 is 6.18 Å². The maximum atomic E-state index is 12.7. The summed E-state index contributed by atoms with van der Waals surface area (Å²) in [5.74, 6) is 0. The number of hydrogen-bond donors (Lipinski definition) is 1. The van der Waals surface area contributed by atoms with Gasteiger partial charge in [0.1, 0.15) is 0 Å². The quantitative estimate of drug-likeness (QED) is 0.896. The average molecular weight is 282 g/mol. The third-order valence-electron chi connectivity index (χ3n) is 2.50. The van der Waals surface area contributed by atoms with Gasteiger partial charge in [-0.15, -0.1) is 0 Å². The number of ether oxygens (including phenoxy) is 1. The molecule has 6 heteroatoms. The Kier molecular flexibility index (Phi) is 5.44. The molecule has 2 N–H and O–H groups in total. The van der Waals surface area contributed by atoms with Crippen LogP contribution in [0.25, 0.3) is 0 Å². The molecule has 0 heterocycles. The summed E-state index contributed by atoms with van der Waals surface area (Å²) in [7, 11) is 0. The van der Waals surface area contributed by atoms with E-state index in [0.29, 0.717) is 10.6 Å². The van der Waals surface area contributed by atoms with E-state index >= 15 is 0 Å². The molecule has 0 amide bonds. The SMILES string of the molecule is CCC(N)C(OCc1cccc(Cl)c1)C(F)(F)F. The Hall–Kier alpha value is -0.780. The molecule has 1 rings (SSSR count). The average Bonchev–Trinajstić information content (AvgIpc) is 2.27. The highest BCUT2D eigenvalue weighted by atomic mass is 35.5. The van der Waals surface area contributed by atoms with Crippen molar-refractivity contribution in [3.05, 3.63) is 34.9 Å². The number of hydrogen-bond acceptors (Lipinski definition) is 2. The van der Waals surface area contributed by atoms with Crippen molar-refractivity contribution in [2.75, 3.05) is 0 Å². The van der Waals surface area contributed by atoms with E-state index < -0.39 is 18.3 Å². The van der Waals surface area contributed by atoms with E-state index in [1.807, 2.05) is 0 Å². The summed E-state index contributed by atoms with van der Waals surface area (Å²) in [6.45, 7) is 1.42. The second-order valence-corrected chi connectivity index (χ2v) is 4.41. The van der Waals surface area contributed by atoms with E-state index in [2.05, 4.69) is 0 Å². The van der Waals surface area contributed by atoms with Crippen LogP contribution in [0.15, 0.2) is 24.3 Å². The van der Waals surface area contributed by atoms with Crippen LogP contribution in [0.4, 0.5) is 13.2 Å². The predicted octanol–water partition coefficient (Wildman–Crippen LogP) is 3.52. The molecule has 0 aliphatic carbocycles. The van der Waals surface area contributed by atoms with Gasteiger partial charge in [0, 0.05) is 11.1 Å². The fourth-order valence-electron chi connectivity index (χ4n) is 1.49. The van der Waals surface area contributed by atoms with Gasteiger partial charge in [0.2, 0.25) is 0 Å². The van der Waals surface area contributed by atoms with E-state index in [9.17, 15) is 13.2 Å². The van der Waals surface area contributed by atoms with Gasteiger partial charge < -0.3 is 10.5 Å². The van der Waals surface area contributed by atoms with Crippen molar-refractivity contribution in [2.24, 2.45) is 5.73 Å². The third kappa shape index (κ3) is 4.48. The normalized spacial score (nSPS) is 15.4. The van der Waals surface area contributed by atoms with E-state index in [1.54, 1.807) is 31.2 Å². The highest BCUT2D eigenvalue weighted by Gasteiger charge is 2.43. The molecule has 18 heavy (non-hydrogen) atoms. The predicted molar refractivity (Wildman–Crippen MR) is 64.4 cm³/mol. The van der Waals surface area contributed by atoms with Gasteiger partial charge in [-0.1, -0.05) is 30.7 Å². The Morgan fingerprint density at radius 1 is 1.39 bits per heavy atom. The Labute approximate surface area is 109 Å². The zero-order valence-electron chi connectivity index (χ0n) is 9.88. The van der Waals surface area contributed by atoms with E-state index in [0.717, 1.165) is 0 Å². The minimum atomic E-state index is -4.46. The largest absolute Gasteiger partial charge is 0.416 e. The zero-order valence-corrected chi connectivity index (χ0v) is 10.6. The first kappa shape index (κ1) is 15.3. The lowest BCUT2D eigenvalue weighted by atomic mass is 10.1. The molecule has 0 spiro atoms. The molecule has 2 atom stereocenters. The molecule has 0 saturated carbocycles. The van der Waals surface area contributed by atoms with Gasteiger partial charge in [-0.3, -0.25) is 0 Å². The maximum absolute atomic E-state index is 12.7. The van der Waals surface area contributed by atoms with Crippen molar-refractivity contribution in [2.45, 2.75) is 38.3 Å². The van der Waals surface area contributed by atoms with Crippen molar-refractivity contribution in [3.63, 3.8) is 0 Å². The highest BCUT2D eigenvalue weighted by molar-refractivity contribution is 6.30. The first-order chi connectivity index (χ1) is 8.34. The topological polar surface area (TPSA) is 35.2 Å². The standard InChI is InChI=1S/C12H15ClF3NO/c1-2-10(17)11(12(14,15)16)18-7-8-4-3-5-9(13)6-8/h3-6,10-11H,2,7,17H2,1H3. The van der Waals surface area contributed by atoms with Crippen molar-refractivity contribution in [1.29, 1.82) is 0 Å². The molecule has 2 unspecified atom stereocenters. The Morgan fingerprint density at radius 2 is 2.06 bits per heavy atom. The van der Waals surface area contributed by atoms with Crippen LogP contribution in [0.2, 0.25) is 5.02 Å². The summed E-state index contributed by atoms with van der Waals surface area (Å²) in [4.78, 5) is 0. The van der Waals surface area contributed by atoms with Gasteiger partial charge in [-0.25, -0.2) is 0 Å². The van der Waals surface area contributed by atoms with E-state index in [1.165, 1.54) is 0 Å². The number of benzene rings is 1. The lowest BCUT2D eigenvalue weighted by Crippen LogP contribution is -2.46. The summed E-state index contributed by atoms with van der Waals surface area (Å²) in [6.07, 6.45) is -6.23. The first-order valence-electron chi connectivity index (χ1n) is 5.53. The fourth-order valence-corrected chi connectivity index (χ4v) is 1.70. The van der Waals surface area contributed by atoms with Crippen LogP contribution in [0.5, 0.6) is 0 Å². The van der Waals surface area contributed by atoms with Crippen molar-refractivity contribution in [3.8, 4) is 0 Å². The molecule has 102 valence electrons. The van der Waals surface area contributed by atoms with Crippen LogP contribution in [-0.2, 0) is 11.3 Å². The minimum Gasteiger partial charge on any atom is -0.362 e. The Balaban J connectivity index is 2.68. The van der Waals surface area contributed by atoms with Crippen LogP contribution in [0, 0.1) is 0 Å². The van der Waals surface area contributed by atoms with E-state index in [4.69, 9.17) is 22.1 Å². The van der Waals surface area contributed by atoms with Crippen LogP contribution in [0.1, 0.15) is 18.9 Å². The van der Waals surface area contributed by atoms with Gasteiger partial charge in [-0.2, -0.15) is 13.2 Å². The van der Waals surface area contributed by atoms with Crippen LogP contribution in [-0.4, -0.2) is 18.3 Å². The highest BCUT2D eigenvalue weighted by Crippen LogP contribution is 2.27. The Bertz CT molecular complexity index is 384. The molecular weight excluding hydrogens is 267 g/mol. The maximum Gasteiger partial charge on any atom is 0.416 e. The molecule has 0 aliphatic heterocycles. The number of halogens is 4. The number of rotatable bonds is 5. The summed E-state index contributed by atoms with van der Waals surface area (Å²) in [6, 6.07) is 5.45. The lowest BCUT2D eigenvalue weighted by molar-refractivity contribution is -0.229. The molecule has 1 aromatic carbocycles. The minimum absolute atomic E-state index is 0.168. The summed E-state index contributed by atoms with van der Waals surface area (Å²) >= 11 is 5.74. The third-order valence-corrected chi connectivity index (χ3v) is 2.74. The van der Waals surface area contributed by atoms with E-state index in [-0.39, 0.29) is 13.0 Å². The molecule has 0 aliphatic rings. The molecule has 0 bridgehead atoms. The second kappa shape index (κ2) is 6.41. The lowest BCUT2D eigenvalue weighted by Gasteiger charge is -2.25. The fraction of sp³-hybridized carbons (Fsp3) is 0.500. The van der Waals surface area contributed by atoms with Crippen LogP contribution >= 0.6 is 11.6 Å². The Morgan fingerprint density at radius 3 is 2.56 bits per heavy atom. The first-order valence-corrected chi connectivity index (χ1v) is 5.90. The molecule has 0 fully saturated rings. The van der Waals surface area contributed by atoms with Gasteiger partial charge in [0.15, 0.2) is 6.10 Å². The van der Waals surface area contributed by atoms with Crippen molar-refractivity contribution < 1.29 is 17.9 Å². The second-order valence-electron chi connectivity index (χ2n) is 3.98. The van der Waals surface area contributed by atoms with Crippen molar-refractivity contribution in [1.82, 2.24) is 0 Å².